The average molecular weight is 378 g/mol. The number of nitrogens with zero attached hydrogens (tertiary/aromatic N) is 2. The van der Waals surface area contributed by atoms with Crippen molar-refractivity contribution in [2.75, 3.05) is 0 Å². The number of aromatic nitrogens is 2. The van der Waals surface area contributed by atoms with Gasteiger partial charge in [0, 0.05) is 5.69 Å². The van der Waals surface area contributed by atoms with Crippen LogP contribution in [0.5, 0.6) is 0 Å². The summed E-state index contributed by atoms with van der Waals surface area (Å²) in [6.45, 7) is 13.6. The standard InChI is InChI=1S/C19H27N3O3S/c1-12(2)16-11-15(20-22(16)19(5,6)7)18(23)21-26(24,25)17-9-8-13(3)10-14(17)4/h8-12H,1-7H3,(H,21,23). The summed E-state index contributed by atoms with van der Waals surface area (Å²) in [7, 11) is -3.96. The SMILES string of the molecule is Cc1ccc(S(=O)(=O)NC(=O)c2cc(C(C)C)n(C(C)(C)C)n2)c(C)c1. The number of benzene rings is 1. The maximum absolute atomic E-state index is 12.6. The maximum atomic E-state index is 12.6. The number of amides is 1. The number of nitrogens with one attached hydrogen (secondary N) is 1. The van der Waals surface area contributed by atoms with Gasteiger partial charge in [-0.3, -0.25) is 9.48 Å². The number of aryl methyl sites for hydroxylation is 2. The van der Waals surface area contributed by atoms with Crippen LogP contribution < -0.4 is 4.72 Å². The monoisotopic (exact) mass is 377 g/mol. The van der Waals surface area contributed by atoms with Crippen LogP contribution in [-0.2, 0) is 15.6 Å². The van der Waals surface area contributed by atoms with Crippen molar-refractivity contribution in [2.45, 2.75) is 64.8 Å². The molecule has 2 rings (SSSR count). The molecular weight excluding hydrogens is 350 g/mol. The van der Waals surface area contributed by atoms with Crippen LogP contribution in [0.25, 0.3) is 0 Å². The Hall–Kier alpha value is -2.15. The largest absolute Gasteiger partial charge is 0.285 e. The molecule has 6 nitrogen and oxygen atoms in total. The smallest absolute Gasteiger partial charge is 0.266 e. The van der Waals surface area contributed by atoms with E-state index in [4.69, 9.17) is 0 Å². The van der Waals surface area contributed by atoms with E-state index < -0.39 is 15.9 Å². The number of carbonyl (C=O) groups is 1. The molecule has 1 amide bonds. The minimum absolute atomic E-state index is 0.0933. The quantitative estimate of drug-likeness (QED) is 0.884. The second-order valence-corrected chi connectivity index (χ2v) is 9.55. The van der Waals surface area contributed by atoms with Crippen molar-refractivity contribution in [3.05, 3.63) is 46.8 Å². The minimum atomic E-state index is -3.96. The first-order valence-electron chi connectivity index (χ1n) is 8.58. The summed E-state index contributed by atoms with van der Waals surface area (Å²) < 4.78 is 29.1. The van der Waals surface area contributed by atoms with E-state index in [2.05, 4.69) is 9.82 Å². The van der Waals surface area contributed by atoms with Gasteiger partial charge in [-0.1, -0.05) is 31.5 Å². The Kier molecular flexibility index (Phi) is 5.33. The van der Waals surface area contributed by atoms with Gasteiger partial charge in [-0.25, -0.2) is 13.1 Å². The van der Waals surface area contributed by atoms with Gasteiger partial charge in [0.2, 0.25) is 0 Å². The molecule has 0 saturated carbocycles. The summed E-state index contributed by atoms with van der Waals surface area (Å²) >= 11 is 0. The summed E-state index contributed by atoms with van der Waals surface area (Å²) in [5, 5.41) is 4.36. The molecule has 0 radical (unpaired) electrons. The van der Waals surface area contributed by atoms with Gasteiger partial charge in [-0.2, -0.15) is 5.10 Å². The lowest BCUT2D eigenvalue weighted by molar-refractivity contribution is 0.0975. The molecule has 0 spiro atoms. The van der Waals surface area contributed by atoms with E-state index in [-0.39, 0.29) is 22.0 Å². The lowest BCUT2D eigenvalue weighted by atomic mass is 10.1. The van der Waals surface area contributed by atoms with E-state index in [1.807, 2.05) is 41.5 Å². The molecule has 142 valence electrons. The Labute approximate surface area is 155 Å². The molecule has 0 aliphatic heterocycles. The molecular formula is C19H27N3O3S. The molecule has 1 aromatic carbocycles. The van der Waals surface area contributed by atoms with Crippen LogP contribution >= 0.6 is 0 Å². The van der Waals surface area contributed by atoms with Gasteiger partial charge in [0.05, 0.1) is 10.4 Å². The second-order valence-electron chi connectivity index (χ2n) is 7.90. The molecule has 1 aromatic heterocycles. The van der Waals surface area contributed by atoms with E-state index >= 15 is 0 Å². The molecule has 1 heterocycles. The molecule has 1 N–H and O–H groups in total. The fraction of sp³-hybridized carbons (Fsp3) is 0.474. The number of carbonyl (C=O) groups excluding carboxylic acids is 1. The zero-order valence-corrected chi connectivity index (χ0v) is 17.2. The van der Waals surface area contributed by atoms with Crippen molar-refractivity contribution in [3.63, 3.8) is 0 Å². The molecule has 0 aliphatic rings. The third kappa shape index (κ3) is 4.15. The molecule has 0 aliphatic carbocycles. The fourth-order valence-electron chi connectivity index (χ4n) is 2.79. The van der Waals surface area contributed by atoms with Gasteiger partial charge >= 0.3 is 0 Å². The fourth-order valence-corrected chi connectivity index (χ4v) is 3.97. The Morgan fingerprint density at radius 3 is 2.23 bits per heavy atom. The van der Waals surface area contributed by atoms with Gasteiger partial charge in [-0.15, -0.1) is 0 Å². The number of rotatable bonds is 4. The van der Waals surface area contributed by atoms with Crippen molar-refractivity contribution in [1.82, 2.24) is 14.5 Å². The Morgan fingerprint density at radius 2 is 1.77 bits per heavy atom. The second kappa shape index (κ2) is 6.87. The van der Waals surface area contributed by atoms with Crippen LogP contribution in [0.1, 0.15) is 67.8 Å². The predicted octanol–water partition coefficient (Wildman–Crippen LogP) is 3.50. The summed E-state index contributed by atoms with van der Waals surface area (Å²) in [4.78, 5) is 12.7. The maximum Gasteiger partial charge on any atom is 0.285 e. The molecule has 0 bridgehead atoms. The Bertz CT molecular complexity index is 935. The van der Waals surface area contributed by atoms with Gasteiger partial charge in [0.25, 0.3) is 15.9 Å². The highest BCUT2D eigenvalue weighted by molar-refractivity contribution is 7.90. The minimum Gasteiger partial charge on any atom is -0.266 e. The number of hydrogen-bond donors (Lipinski definition) is 1. The van der Waals surface area contributed by atoms with Crippen molar-refractivity contribution in [1.29, 1.82) is 0 Å². The Balaban J connectivity index is 2.38. The highest BCUT2D eigenvalue weighted by Crippen LogP contribution is 2.24. The van der Waals surface area contributed by atoms with E-state index in [1.54, 1.807) is 29.8 Å². The zero-order valence-electron chi connectivity index (χ0n) is 16.4. The van der Waals surface area contributed by atoms with Gasteiger partial charge in [-0.05, 0) is 58.2 Å². The highest BCUT2D eigenvalue weighted by Gasteiger charge is 2.26. The molecule has 7 heteroatoms. The topological polar surface area (TPSA) is 81.1 Å². The lowest BCUT2D eigenvalue weighted by Gasteiger charge is -2.23. The summed E-state index contributed by atoms with van der Waals surface area (Å²) in [6, 6.07) is 6.64. The Morgan fingerprint density at radius 1 is 1.15 bits per heavy atom. The molecule has 0 atom stereocenters. The van der Waals surface area contributed by atoms with Crippen molar-refractivity contribution >= 4 is 15.9 Å². The van der Waals surface area contributed by atoms with E-state index in [0.717, 1.165) is 11.3 Å². The van der Waals surface area contributed by atoms with E-state index in [9.17, 15) is 13.2 Å². The highest BCUT2D eigenvalue weighted by atomic mass is 32.2. The van der Waals surface area contributed by atoms with Crippen molar-refractivity contribution < 1.29 is 13.2 Å². The van der Waals surface area contributed by atoms with Gasteiger partial charge in [0.1, 0.15) is 0 Å². The third-order valence-electron chi connectivity index (χ3n) is 4.04. The summed E-state index contributed by atoms with van der Waals surface area (Å²) in [5.74, 6) is -0.575. The predicted molar refractivity (Wildman–Crippen MR) is 102 cm³/mol. The zero-order chi connectivity index (χ0) is 19.9. The molecule has 0 fully saturated rings. The van der Waals surface area contributed by atoms with Crippen LogP contribution in [0, 0.1) is 13.8 Å². The van der Waals surface area contributed by atoms with Crippen LogP contribution in [-0.4, -0.2) is 24.1 Å². The number of sulfonamides is 1. The van der Waals surface area contributed by atoms with Crippen LogP contribution in [0.2, 0.25) is 0 Å². The number of hydrogen-bond acceptors (Lipinski definition) is 4. The normalized spacial score (nSPS) is 12.5. The van der Waals surface area contributed by atoms with Gasteiger partial charge < -0.3 is 0 Å². The van der Waals surface area contributed by atoms with E-state index in [0.29, 0.717) is 5.56 Å². The summed E-state index contributed by atoms with van der Waals surface area (Å²) in [5.41, 5.74) is 2.21. The van der Waals surface area contributed by atoms with Gasteiger partial charge in [0.15, 0.2) is 5.69 Å². The van der Waals surface area contributed by atoms with Crippen LogP contribution in [0.3, 0.4) is 0 Å². The first kappa shape index (κ1) is 20.2. The lowest BCUT2D eigenvalue weighted by Crippen LogP contribution is -2.32. The average Bonchev–Trinajstić information content (AvgIpc) is 2.91. The van der Waals surface area contributed by atoms with Crippen LogP contribution in [0.4, 0.5) is 0 Å². The molecule has 0 unspecified atom stereocenters. The molecule has 26 heavy (non-hydrogen) atoms. The van der Waals surface area contributed by atoms with Crippen molar-refractivity contribution in [3.8, 4) is 0 Å². The first-order valence-corrected chi connectivity index (χ1v) is 10.1. The molecule has 2 aromatic rings. The third-order valence-corrected chi connectivity index (χ3v) is 5.53. The first-order chi connectivity index (χ1) is 11.8. The van der Waals surface area contributed by atoms with E-state index in [1.165, 1.54) is 6.07 Å². The molecule has 0 saturated heterocycles. The van der Waals surface area contributed by atoms with Crippen molar-refractivity contribution in [2.24, 2.45) is 0 Å². The summed E-state index contributed by atoms with van der Waals surface area (Å²) in [6.07, 6.45) is 0. The van der Waals surface area contributed by atoms with Crippen LogP contribution in [0.15, 0.2) is 29.2 Å².